The fraction of sp³-hybridized carbons (Fsp3) is 0.316. The molecule has 0 aromatic heterocycles. The van der Waals surface area contributed by atoms with E-state index < -0.39 is 5.97 Å². The molecule has 0 aliphatic carbocycles. The highest BCUT2D eigenvalue weighted by molar-refractivity contribution is 5.67. The standard InChI is InChI=1S/C19H22O4/c1-4-15-12-14(5-10-18(20)21)11-13(2)19(15)23-17-8-6-16(22-3)7-9-17/h6-9,11-12H,4-5,10H2,1-3H3,(H,20,21). The fourth-order valence-electron chi connectivity index (χ4n) is 2.49. The van der Waals surface area contributed by atoms with Crippen molar-refractivity contribution in [1.29, 1.82) is 0 Å². The van der Waals surface area contributed by atoms with Crippen LogP contribution in [0.15, 0.2) is 36.4 Å². The van der Waals surface area contributed by atoms with Crippen molar-refractivity contribution in [3.05, 3.63) is 53.1 Å². The van der Waals surface area contributed by atoms with Crippen LogP contribution >= 0.6 is 0 Å². The van der Waals surface area contributed by atoms with Crippen LogP contribution in [0.5, 0.6) is 17.2 Å². The Morgan fingerprint density at radius 3 is 2.35 bits per heavy atom. The molecule has 0 heterocycles. The number of hydrogen-bond donors (Lipinski definition) is 1. The van der Waals surface area contributed by atoms with E-state index in [2.05, 4.69) is 6.92 Å². The van der Waals surface area contributed by atoms with Gasteiger partial charge in [0, 0.05) is 6.42 Å². The number of benzene rings is 2. The second-order valence-electron chi connectivity index (χ2n) is 5.43. The zero-order chi connectivity index (χ0) is 16.8. The normalized spacial score (nSPS) is 10.4. The second kappa shape index (κ2) is 7.68. The summed E-state index contributed by atoms with van der Waals surface area (Å²) >= 11 is 0. The van der Waals surface area contributed by atoms with E-state index in [-0.39, 0.29) is 6.42 Å². The van der Waals surface area contributed by atoms with Gasteiger partial charge < -0.3 is 14.6 Å². The number of carboxylic acid groups (broad SMARTS) is 1. The van der Waals surface area contributed by atoms with Gasteiger partial charge in [0.1, 0.15) is 17.2 Å². The summed E-state index contributed by atoms with van der Waals surface area (Å²) in [7, 11) is 1.63. The van der Waals surface area contributed by atoms with Crippen LogP contribution in [0.1, 0.15) is 30.0 Å². The number of aliphatic carboxylic acids is 1. The van der Waals surface area contributed by atoms with Crippen molar-refractivity contribution in [2.24, 2.45) is 0 Å². The van der Waals surface area contributed by atoms with E-state index in [9.17, 15) is 4.79 Å². The van der Waals surface area contributed by atoms with E-state index in [1.807, 2.05) is 43.3 Å². The highest BCUT2D eigenvalue weighted by atomic mass is 16.5. The lowest BCUT2D eigenvalue weighted by Gasteiger charge is -2.15. The van der Waals surface area contributed by atoms with Crippen molar-refractivity contribution in [2.45, 2.75) is 33.1 Å². The lowest BCUT2D eigenvalue weighted by atomic mass is 10.00. The number of carbonyl (C=O) groups is 1. The molecule has 0 fully saturated rings. The smallest absolute Gasteiger partial charge is 0.303 e. The Labute approximate surface area is 136 Å². The molecular formula is C19H22O4. The van der Waals surface area contributed by atoms with Gasteiger partial charge >= 0.3 is 5.97 Å². The first-order valence-electron chi connectivity index (χ1n) is 7.69. The molecule has 0 atom stereocenters. The molecule has 122 valence electrons. The zero-order valence-corrected chi connectivity index (χ0v) is 13.8. The molecule has 0 aliphatic heterocycles. The van der Waals surface area contributed by atoms with Crippen LogP contribution in [0.2, 0.25) is 0 Å². The van der Waals surface area contributed by atoms with Gasteiger partial charge in [-0.25, -0.2) is 0 Å². The number of aryl methyl sites for hydroxylation is 3. The number of hydrogen-bond acceptors (Lipinski definition) is 3. The van der Waals surface area contributed by atoms with E-state index in [4.69, 9.17) is 14.6 Å². The number of ether oxygens (including phenoxy) is 2. The summed E-state index contributed by atoms with van der Waals surface area (Å²) in [6.45, 7) is 4.05. The van der Waals surface area contributed by atoms with Crippen molar-refractivity contribution in [3.63, 3.8) is 0 Å². The molecule has 0 saturated carbocycles. The first kappa shape index (κ1) is 16.9. The minimum absolute atomic E-state index is 0.140. The predicted molar refractivity (Wildman–Crippen MR) is 89.6 cm³/mol. The molecular weight excluding hydrogens is 292 g/mol. The van der Waals surface area contributed by atoms with E-state index in [1.165, 1.54) is 0 Å². The lowest BCUT2D eigenvalue weighted by molar-refractivity contribution is -0.136. The monoisotopic (exact) mass is 314 g/mol. The summed E-state index contributed by atoms with van der Waals surface area (Å²) < 4.78 is 11.2. The Morgan fingerprint density at radius 2 is 1.78 bits per heavy atom. The molecule has 0 saturated heterocycles. The third-order valence-electron chi connectivity index (χ3n) is 3.70. The summed E-state index contributed by atoms with van der Waals surface area (Å²) in [6.07, 6.45) is 1.50. The highest BCUT2D eigenvalue weighted by Gasteiger charge is 2.11. The summed E-state index contributed by atoms with van der Waals surface area (Å²) in [5, 5.41) is 8.83. The minimum Gasteiger partial charge on any atom is -0.497 e. The molecule has 2 aromatic rings. The zero-order valence-electron chi connectivity index (χ0n) is 13.8. The Hall–Kier alpha value is -2.49. The van der Waals surface area contributed by atoms with Crippen molar-refractivity contribution >= 4 is 5.97 Å². The maximum absolute atomic E-state index is 10.7. The van der Waals surface area contributed by atoms with Crippen LogP contribution in [0.25, 0.3) is 0 Å². The van der Waals surface area contributed by atoms with Crippen LogP contribution in [-0.2, 0) is 17.6 Å². The quantitative estimate of drug-likeness (QED) is 0.824. The molecule has 0 unspecified atom stereocenters. The molecule has 23 heavy (non-hydrogen) atoms. The lowest BCUT2D eigenvalue weighted by Crippen LogP contribution is -2.00. The molecule has 0 spiro atoms. The van der Waals surface area contributed by atoms with Crippen LogP contribution in [0, 0.1) is 6.92 Å². The first-order valence-corrected chi connectivity index (χ1v) is 7.69. The average Bonchev–Trinajstić information content (AvgIpc) is 2.55. The second-order valence-corrected chi connectivity index (χ2v) is 5.43. The molecule has 4 heteroatoms. The van der Waals surface area contributed by atoms with Crippen molar-refractivity contribution in [1.82, 2.24) is 0 Å². The Morgan fingerprint density at radius 1 is 1.13 bits per heavy atom. The van der Waals surface area contributed by atoms with Gasteiger partial charge in [-0.3, -0.25) is 4.79 Å². The van der Waals surface area contributed by atoms with Gasteiger partial charge in [-0.2, -0.15) is 0 Å². The Bertz CT molecular complexity index is 675. The number of carboxylic acids is 1. The van der Waals surface area contributed by atoms with Crippen molar-refractivity contribution in [3.8, 4) is 17.2 Å². The molecule has 0 bridgehead atoms. The van der Waals surface area contributed by atoms with Gasteiger partial charge in [0.15, 0.2) is 0 Å². The van der Waals surface area contributed by atoms with Crippen LogP contribution in [-0.4, -0.2) is 18.2 Å². The minimum atomic E-state index is -0.778. The Balaban J connectivity index is 2.24. The van der Waals surface area contributed by atoms with Gasteiger partial charge in [-0.1, -0.05) is 19.1 Å². The number of rotatable bonds is 7. The largest absolute Gasteiger partial charge is 0.497 e. The van der Waals surface area contributed by atoms with Crippen LogP contribution in [0.4, 0.5) is 0 Å². The molecule has 2 aromatic carbocycles. The van der Waals surface area contributed by atoms with Crippen LogP contribution in [0.3, 0.4) is 0 Å². The average molecular weight is 314 g/mol. The molecule has 4 nitrogen and oxygen atoms in total. The molecule has 0 aliphatic rings. The SMILES string of the molecule is CCc1cc(CCC(=O)O)cc(C)c1Oc1ccc(OC)cc1. The van der Waals surface area contributed by atoms with Crippen molar-refractivity contribution < 1.29 is 19.4 Å². The first-order chi connectivity index (χ1) is 11.0. The van der Waals surface area contributed by atoms with Gasteiger partial charge in [0.25, 0.3) is 0 Å². The molecule has 0 radical (unpaired) electrons. The van der Waals surface area contributed by atoms with Gasteiger partial charge in [0.05, 0.1) is 7.11 Å². The fourth-order valence-corrected chi connectivity index (χ4v) is 2.49. The van der Waals surface area contributed by atoms with Gasteiger partial charge in [0.2, 0.25) is 0 Å². The van der Waals surface area contributed by atoms with Gasteiger partial charge in [-0.05, 0) is 60.7 Å². The van der Waals surface area contributed by atoms with E-state index in [1.54, 1.807) is 7.11 Å². The Kier molecular flexibility index (Phi) is 5.63. The maximum Gasteiger partial charge on any atom is 0.303 e. The van der Waals surface area contributed by atoms with E-state index in [0.29, 0.717) is 6.42 Å². The third kappa shape index (κ3) is 4.49. The highest BCUT2D eigenvalue weighted by Crippen LogP contribution is 2.32. The third-order valence-corrected chi connectivity index (χ3v) is 3.70. The topological polar surface area (TPSA) is 55.8 Å². The van der Waals surface area contributed by atoms with E-state index >= 15 is 0 Å². The van der Waals surface area contributed by atoms with Crippen LogP contribution < -0.4 is 9.47 Å². The van der Waals surface area contributed by atoms with E-state index in [0.717, 1.165) is 40.4 Å². The molecule has 2 rings (SSSR count). The van der Waals surface area contributed by atoms with Gasteiger partial charge in [-0.15, -0.1) is 0 Å². The molecule has 1 N–H and O–H groups in total. The summed E-state index contributed by atoms with van der Waals surface area (Å²) in [5.41, 5.74) is 3.13. The number of methoxy groups -OCH3 is 1. The molecule has 0 amide bonds. The summed E-state index contributed by atoms with van der Waals surface area (Å²) in [5.74, 6) is 1.60. The summed E-state index contributed by atoms with van der Waals surface area (Å²) in [6, 6.07) is 11.5. The predicted octanol–water partition coefficient (Wildman–Crippen LogP) is 4.38. The van der Waals surface area contributed by atoms with Crippen molar-refractivity contribution in [2.75, 3.05) is 7.11 Å². The summed E-state index contributed by atoms with van der Waals surface area (Å²) in [4.78, 5) is 10.7. The maximum atomic E-state index is 10.7.